The Morgan fingerprint density at radius 2 is 1.76 bits per heavy atom. The van der Waals surface area contributed by atoms with Gasteiger partial charge in [0.15, 0.2) is 0 Å². The molecule has 132 valence electrons. The Balaban J connectivity index is 1.72. The lowest BCUT2D eigenvalue weighted by Gasteiger charge is -2.35. The Bertz CT molecular complexity index is 664. The second kappa shape index (κ2) is 8.79. The number of nitrogens with zero attached hydrogens (tertiary/aromatic N) is 1. The fourth-order valence-corrected chi connectivity index (χ4v) is 3.20. The van der Waals surface area contributed by atoms with Gasteiger partial charge in [-0.2, -0.15) is 0 Å². The van der Waals surface area contributed by atoms with Crippen molar-refractivity contribution in [2.45, 2.75) is 19.4 Å². The minimum Gasteiger partial charge on any atom is -0.379 e. The fourth-order valence-electron chi connectivity index (χ4n) is 3.20. The molecule has 25 heavy (non-hydrogen) atoms. The predicted molar refractivity (Wildman–Crippen MR) is 99.7 cm³/mol. The Kier molecular flexibility index (Phi) is 6.20. The molecular formula is C21H26N2O2. The number of carbonyl (C=O) groups is 1. The molecule has 1 fully saturated rings. The van der Waals surface area contributed by atoms with Crippen molar-refractivity contribution in [2.24, 2.45) is 0 Å². The molecule has 0 spiro atoms. The lowest BCUT2D eigenvalue weighted by Crippen LogP contribution is -2.43. The third-order valence-electron chi connectivity index (χ3n) is 4.75. The van der Waals surface area contributed by atoms with E-state index < -0.39 is 0 Å². The maximum absolute atomic E-state index is 12.4. The normalized spacial score (nSPS) is 16.4. The van der Waals surface area contributed by atoms with Crippen LogP contribution in [0.5, 0.6) is 0 Å². The SMILES string of the molecule is CCc1ccc([C@H](CNC(=O)c2ccccc2)N2CCOCC2)cc1. The third kappa shape index (κ3) is 4.68. The summed E-state index contributed by atoms with van der Waals surface area (Å²) in [5.74, 6) is -0.0240. The molecule has 0 saturated carbocycles. The predicted octanol–water partition coefficient (Wildman–Crippen LogP) is 3.05. The monoisotopic (exact) mass is 338 g/mol. The van der Waals surface area contributed by atoms with Crippen LogP contribution in [0.3, 0.4) is 0 Å². The van der Waals surface area contributed by atoms with E-state index in [9.17, 15) is 4.79 Å². The molecule has 4 heteroatoms. The number of benzene rings is 2. The van der Waals surface area contributed by atoms with E-state index in [1.165, 1.54) is 11.1 Å². The highest BCUT2D eigenvalue weighted by Gasteiger charge is 2.23. The minimum absolute atomic E-state index is 0.0240. The molecule has 2 aromatic carbocycles. The second-order valence-electron chi connectivity index (χ2n) is 6.34. The van der Waals surface area contributed by atoms with Gasteiger partial charge in [0.05, 0.1) is 19.3 Å². The second-order valence-corrected chi connectivity index (χ2v) is 6.34. The number of rotatable bonds is 6. The van der Waals surface area contributed by atoms with E-state index in [-0.39, 0.29) is 11.9 Å². The minimum atomic E-state index is -0.0240. The Morgan fingerprint density at radius 3 is 2.40 bits per heavy atom. The molecule has 1 aliphatic heterocycles. The first-order valence-corrected chi connectivity index (χ1v) is 9.02. The van der Waals surface area contributed by atoms with E-state index in [4.69, 9.17) is 4.74 Å². The van der Waals surface area contributed by atoms with Crippen molar-refractivity contribution in [1.82, 2.24) is 10.2 Å². The molecule has 0 unspecified atom stereocenters. The van der Waals surface area contributed by atoms with Gasteiger partial charge in [0, 0.05) is 25.2 Å². The summed E-state index contributed by atoms with van der Waals surface area (Å²) in [5.41, 5.74) is 3.27. The molecule has 1 aliphatic rings. The number of hydrogen-bond acceptors (Lipinski definition) is 3. The Morgan fingerprint density at radius 1 is 1.08 bits per heavy atom. The number of carbonyl (C=O) groups excluding carboxylic acids is 1. The van der Waals surface area contributed by atoms with Crippen LogP contribution in [0.4, 0.5) is 0 Å². The summed E-state index contributed by atoms with van der Waals surface area (Å²) < 4.78 is 5.49. The summed E-state index contributed by atoms with van der Waals surface area (Å²) >= 11 is 0. The number of hydrogen-bond donors (Lipinski definition) is 1. The molecule has 1 amide bonds. The first-order valence-electron chi connectivity index (χ1n) is 9.02. The van der Waals surface area contributed by atoms with Crippen molar-refractivity contribution in [2.75, 3.05) is 32.8 Å². The molecule has 0 bridgehead atoms. The standard InChI is InChI=1S/C21H26N2O2/c1-2-17-8-10-18(11-9-17)20(23-12-14-25-15-13-23)16-22-21(24)19-6-4-3-5-7-19/h3-11,20H,2,12-16H2,1H3,(H,22,24)/t20-/m0/s1. The highest BCUT2D eigenvalue weighted by molar-refractivity contribution is 5.94. The molecule has 1 atom stereocenters. The summed E-state index contributed by atoms with van der Waals surface area (Å²) in [5, 5.41) is 3.10. The number of morpholine rings is 1. The van der Waals surface area contributed by atoms with Crippen LogP contribution in [0.25, 0.3) is 0 Å². The molecule has 1 N–H and O–H groups in total. The smallest absolute Gasteiger partial charge is 0.251 e. The van der Waals surface area contributed by atoms with Gasteiger partial charge in [0.2, 0.25) is 0 Å². The van der Waals surface area contributed by atoms with E-state index in [0.717, 1.165) is 32.7 Å². The van der Waals surface area contributed by atoms with Crippen molar-refractivity contribution in [1.29, 1.82) is 0 Å². The zero-order chi connectivity index (χ0) is 17.5. The zero-order valence-corrected chi connectivity index (χ0v) is 14.8. The number of amides is 1. The van der Waals surface area contributed by atoms with Crippen molar-refractivity contribution in [3.8, 4) is 0 Å². The third-order valence-corrected chi connectivity index (χ3v) is 4.75. The molecule has 2 aromatic rings. The van der Waals surface area contributed by atoms with Gasteiger partial charge in [-0.1, -0.05) is 49.4 Å². The molecule has 0 aliphatic carbocycles. The van der Waals surface area contributed by atoms with Crippen molar-refractivity contribution in [3.05, 3.63) is 71.3 Å². The average molecular weight is 338 g/mol. The van der Waals surface area contributed by atoms with Crippen LogP contribution in [-0.4, -0.2) is 43.7 Å². The van der Waals surface area contributed by atoms with Gasteiger partial charge in [-0.15, -0.1) is 0 Å². The first kappa shape index (κ1) is 17.6. The van der Waals surface area contributed by atoms with Crippen LogP contribution in [0.1, 0.15) is 34.5 Å². The van der Waals surface area contributed by atoms with Gasteiger partial charge in [-0.05, 0) is 29.7 Å². The maximum atomic E-state index is 12.4. The average Bonchev–Trinajstić information content (AvgIpc) is 2.70. The maximum Gasteiger partial charge on any atom is 0.251 e. The lowest BCUT2D eigenvalue weighted by atomic mass is 10.0. The van der Waals surface area contributed by atoms with E-state index in [0.29, 0.717) is 12.1 Å². The van der Waals surface area contributed by atoms with Crippen molar-refractivity contribution < 1.29 is 9.53 Å². The van der Waals surface area contributed by atoms with E-state index in [1.54, 1.807) is 0 Å². The summed E-state index contributed by atoms with van der Waals surface area (Å²) in [7, 11) is 0. The zero-order valence-electron chi connectivity index (χ0n) is 14.8. The van der Waals surface area contributed by atoms with Crippen LogP contribution >= 0.6 is 0 Å². The molecule has 0 radical (unpaired) electrons. The van der Waals surface area contributed by atoms with Crippen LogP contribution in [0.2, 0.25) is 0 Å². The topological polar surface area (TPSA) is 41.6 Å². The molecule has 3 rings (SSSR count). The van der Waals surface area contributed by atoms with Crippen LogP contribution in [0, 0.1) is 0 Å². The van der Waals surface area contributed by atoms with Gasteiger partial charge in [0.1, 0.15) is 0 Å². The summed E-state index contributed by atoms with van der Waals surface area (Å²) in [6.07, 6.45) is 1.03. The largest absolute Gasteiger partial charge is 0.379 e. The summed E-state index contributed by atoms with van der Waals surface area (Å²) in [6, 6.07) is 18.3. The highest BCUT2D eigenvalue weighted by atomic mass is 16.5. The van der Waals surface area contributed by atoms with E-state index in [1.807, 2.05) is 30.3 Å². The van der Waals surface area contributed by atoms with Gasteiger partial charge in [0.25, 0.3) is 5.91 Å². The quantitative estimate of drug-likeness (QED) is 0.880. The molecule has 0 aromatic heterocycles. The fraction of sp³-hybridized carbons (Fsp3) is 0.381. The van der Waals surface area contributed by atoms with Crippen LogP contribution < -0.4 is 5.32 Å². The molecule has 1 heterocycles. The number of aryl methyl sites for hydroxylation is 1. The Labute approximate surface area is 149 Å². The first-order chi connectivity index (χ1) is 12.3. The van der Waals surface area contributed by atoms with Gasteiger partial charge < -0.3 is 10.1 Å². The Hall–Kier alpha value is -2.17. The van der Waals surface area contributed by atoms with Crippen molar-refractivity contribution in [3.63, 3.8) is 0 Å². The molecular weight excluding hydrogens is 312 g/mol. The van der Waals surface area contributed by atoms with E-state index >= 15 is 0 Å². The van der Waals surface area contributed by atoms with E-state index in [2.05, 4.69) is 41.4 Å². The van der Waals surface area contributed by atoms with Gasteiger partial charge in [-0.25, -0.2) is 0 Å². The van der Waals surface area contributed by atoms with Gasteiger partial charge >= 0.3 is 0 Å². The van der Waals surface area contributed by atoms with Crippen LogP contribution in [0.15, 0.2) is 54.6 Å². The molecule has 4 nitrogen and oxygen atoms in total. The number of ether oxygens (including phenoxy) is 1. The van der Waals surface area contributed by atoms with Crippen molar-refractivity contribution >= 4 is 5.91 Å². The summed E-state index contributed by atoms with van der Waals surface area (Å²) in [6.45, 7) is 6.03. The number of nitrogens with one attached hydrogen (secondary N) is 1. The van der Waals surface area contributed by atoms with Crippen LogP contribution in [-0.2, 0) is 11.2 Å². The van der Waals surface area contributed by atoms with Gasteiger partial charge in [-0.3, -0.25) is 9.69 Å². The molecule has 1 saturated heterocycles. The summed E-state index contributed by atoms with van der Waals surface area (Å²) in [4.78, 5) is 14.8. The lowest BCUT2D eigenvalue weighted by molar-refractivity contribution is 0.0162. The highest BCUT2D eigenvalue weighted by Crippen LogP contribution is 2.22.